The van der Waals surface area contributed by atoms with Crippen molar-refractivity contribution < 1.29 is 13.2 Å². The molecule has 1 rings (SSSR count). The van der Waals surface area contributed by atoms with Crippen LogP contribution in [0.15, 0.2) is 28.7 Å². The van der Waals surface area contributed by atoms with Crippen molar-refractivity contribution in [2.24, 2.45) is 0 Å². The van der Waals surface area contributed by atoms with E-state index < -0.39 is 10.0 Å². The molecule has 22 heavy (non-hydrogen) atoms. The van der Waals surface area contributed by atoms with E-state index in [1.807, 2.05) is 6.07 Å². The van der Waals surface area contributed by atoms with Gasteiger partial charge in [0.25, 0.3) is 0 Å². The molecule has 0 aliphatic rings. The summed E-state index contributed by atoms with van der Waals surface area (Å²) in [5, 5.41) is 0. The lowest BCUT2D eigenvalue weighted by molar-refractivity contribution is -0.129. The lowest BCUT2D eigenvalue weighted by Crippen LogP contribution is -2.35. The molecule has 0 N–H and O–H groups in total. The Hall–Kier alpha value is -1.08. The van der Waals surface area contributed by atoms with Crippen molar-refractivity contribution in [2.45, 2.75) is 26.2 Å². The van der Waals surface area contributed by atoms with E-state index in [1.54, 1.807) is 30.1 Å². The number of hydrogen-bond donors (Lipinski definition) is 0. The van der Waals surface area contributed by atoms with Crippen molar-refractivity contribution in [1.82, 2.24) is 4.90 Å². The standard InChI is InChI=1S/C15H23BrN2O3S/c1-4-5-10-17(2)15(19)9-11-18(22(3,20)21)14-8-6-7-13(16)12-14/h6-8,12H,4-5,9-11H2,1-3H3. The van der Waals surface area contributed by atoms with Crippen molar-refractivity contribution in [1.29, 1.82) is 0 Å². The van der Waals surface area contributed by atoms with Crippen LogP contribution in [0.4, 0.5) is 5.69 Å². The predicted molar refractivity (Wildman–Crippen MR) is 93.5 cm³/mol. The molecule has 0 atom stereocenters. The van der Waals surface area contributed by atoms with Crippen molar-refractivity contribution in [2.75, 3.05) is 30.7 Å². The zero-order valence-corrected chi connectivity index (χ0v) is 15.7. The zero-order valence-electron chi connectivity index (χ0n) is 13.3. The first-order valence-electron chi connectivity index (χ1n) is 7.23. The van der Waals surface area contributed by atoms with Gasteiger partial charge in [-0.05, 0) is 24.6 Å². The van der Waals surface area contributed by atoms with E-state index in [1.165, 1.54) is 4.31 Å². The van der Waals surface area contributed by atoms with Crippen molar-refractivity contribution >= 4 is 37.5 Å². The van der Waals surface area contributed by atoms with Gasteiger partial charge >= 0.3 is 0 Å². The van der Waals surface area contributed by atoms with Gasteiger partial charge in [-0.1, -0.05) is 35.3 Å². The summed E-state index contributed by atoms with van der Waals surface area (Å²) in [6.07, 6.45) is 3.29. The maximum atomic E-state index is 12.1. The Balaban J connectivity index is 2.78. The minimum atomic E-state index is -3.43. The first kappa shape index (κ1) is 19.0. The topological polar surface area (TPSA) is 57.7 Å². The molecule has 0 radical (unpaired) electrons. The van der Waals surface area contributed by atoms with Crippen LogP contribution in [0.2, 0.25) is 0 Å². The van der Waals surface area contributed by atoms with Gasteiger partial charge in [-0.15, -0.1) is 0 Å². The quantitative estimate of drug-likeness (QED) is 0.685. The van der Waals surface area contributed by atoms with Crippen LogP contribution >= 0.6 is 15.9 Å². The Morgan fingerprint density at radius 1 is 1.27 bits per heavy atom. The molecule has 1 aromatic carbocycles. The van der Waals surface area contributed by atoms with Crippen molar-refractivity contribution in [3.8, 4) is 0 Å². The second-order valence-corrected chi connectivity index (χ2v) is 8.06. The number of hydrogen-bond acceptors (Lipinski definition) is 3. The van der Waals surface area contributed by atoms with Crippen LogP contribution in [0.25, 0.3) is 0 Å². The number of unbranched alkanes of at least 4 members (excludes halogenated alkanes) is 1. The summed E-state index contributed by atoms with van der Waals surface area (Å²) in [6, 6.07) is 7.05. The molecule has 0 fully saturated rings. The van der Waals surface area contributed by atoms with Crippen LogP contribution in [0.1, 0.15) is 26.2 Å². The lowest BCUT2D eigenvalue weighted by atomic mass is 10.3. The Morgan fingerprint density at radius 2 is 1.95 bits per heavy atom. The van der Waals surface area contributed by atoms with Crippen LogP contribution < -0.4 is 4.31 Å². The van der Waals surface area contributed by atoms with Crippen molar-refractivity contribution in [3.63, 3.8) is 0 Å². The number of sulfonamides is 1. The molecule has 5 nitrogen and oxygen atoms in total. The highest BCUT2D eigenvalue weighted by atomic mass is 79.9. The number of rotatable bonds is 8. The summed E-state index contributed by atoms with van der Waals surface area (Å²) >= 11 is 3.33. The SMILES string of the molecule is CCCCN(C)C(=O)CCN(c1cccc(Br)c1)S(C)(=O)=O. The average molecular weight is 391 g/mol. The molecule has 0 bridgehead atoms. The van der Waals surface area contributed by atoms with Crippen LogP contribution in [0, 0.1) is 0 Å². The van der Waals surface area contributed by atoms with Gasteiger partial charge in [0.05, 0.1) is 11.9 Å². The summed E-state index contributed by atoms with van der Waals surface area (Å²) in [4.78, 5) is 13.7. The molecular formula is C15H23BrN2O3S. The lowest BCUT2D eigenvalue weighted by Gasteiger charge is -2.24. The summed E-state index contributed by atoms with van der Waals surface area (Å²) < 4.78 is 26.0. The van der Waals surface area contributed by atoms with Gasteiger partial charge in [-0.3, -0.25) is 9.10 Å². The Morgan fingerprint density at radius 3 is 2.50 bits per heavy atom. The van der Waals surface area contributed by atoms with Crippen molar-refractivity contribution in [3.05, 3.63) is 28.7 Å². The molecule has 0 aliphatic carbocycles. The molecule has 1 aromatic rings. The maximum Gasteiger partial charge on any atom is 0.232 e. The normalized spacial score (nSPS) is 11.3. The van der Waals surface area contributed by atoms with E-state index in [0.29, 0.717) is 12.2 Å². The highest BCUT2D eigenvalue weighted by molar-refractivity contribution is 9.10. The number of carbonyl (C=O) groups is 1. The average Bonchev–Trinajstić information content (AvgIpc) is 2.43. The number of halogens is 1. The number of anilines is 1. The highest BCUT2D eigenvalue weighted by Crippen LogP contribution is 2.22. The van der Waals surface area contributed by atoms with Crippen LogP contribution in [-0.4, -0.2) is 45.6 Å². The number of amides is 1. The summed E-state index contributed by atoms with van der Waals surface area (Å²) in [5.41, 5.74) is 0.556. The number of nitrogens with zero attached hydrogens (tertiary/aromatic N) is 2. The first-order valence-corrected chi connectivity index (χ1v) is 9.87. The van der Waals surface area contributed by atoms with Gasteiger partial charge in [-0.25, -0.2) is 8.42 Å². The van der Waals surface area contributed by atoms with Crippen LogP contribution in [0.5, 0.6) is 0 Å². The van der Waals surface area contributed by atoms with Gasteiger partial charge in [0.15, 0.2) is 0 Å². The number of carbonyl (C=O) groups excluding carboxylic acids is 1. The Bertz CT molecular complexity index is 605. The second kappa shape index (κ2) is 8.53. The summed E-state index contributed by atoms with van der Waals surface area (Å²) in [7, 11) is -1.68. The van der Waals surface area contributed by atoms with Crippen LogP contribution in [-0.2, 0) is 14.8 Å². The van der Waals surface area contributed by atoms with E-state index in [0.717, 1.165) is 23.6 Å². The molecule has 7 heteroatoms. The van der Waals surface area contributed by atoms with E-state index in [4.69, 9.17) is 0 Å². The highest BCUT2D eigenvalue weighted by Gasteiger charge is 2.19. The largest absolute Gasteiger partial charge is 0.346 e. The third-order valence-electron chi connectivity index (χ3n) is 3.30. The van der Waals surface area contributed by atoms with Crippen LogP contribution in [0.3, 0.4) is 0 Å². The fraction of sp³-hybridized carbons (Fsp3) is 0.533. The molecule has 0 saturated carbocycles. The summed E-state index contributed by atoms with van der Waals surface area (Å²) in [5.74, 6) is -0.0444. The number of benzene rings is 1. The fourth-order valence-electron chi connectivity index (χ4n) is 2.03. The fourth-order valence-corrected chi connectivity index (χ4v) is 3.33. The molecule has 1 amide bonds. The third kappa shape index (κ3) is 5.96. The molecule has 0 heterocycles. The monoisotopic (exact) mass is 390 g/mol. The molecule has 0 saturated heterocycles. The van der Waals surface area contributed by atoms with Gasteiger partial charge in [0.1, 0.15) is 0 Å². The van der Waals surface area contributed by atoms with Gasteiger partial charge in [0.2, 0.25) is 15.9 Å². The van der Waals surface area contributed by atoms with E-state index in [2.05, 4.69) is 22.9 Å². The molecule has 0 spiro atoms. The van der Waals surface area contributed by atoms with E-state index in [9.17, 15) is 13.2 Å². The van der Waals surface area contributed by atoms with E-state index in [-0.39, 0.29) is 18.9 Å². The molecule has 124 valence electrons. The van der Waals surface area contributed by atoms with Gasteiger partial charge in [0, 0.05) is 31.0 Å². The molecule has 0 aromatic heterocycles. The smallest absolute Gasteiger partial charge is 0.232 e. The first-order chi connectivity index (χ1) is 10.3. The summed E-state index contributed by atoms with van der Waals surface area (Å²) in [6.45, 7) is 2.91. The van der Waals surface area contributed by atoms with Gasteiger partial charge < -0.3 is 4.90 Å². The zero-order chi connectivity index (χ0) is 16.8. The Labute approximate surface area is 141 Å². The van der Waals surface area contributed by atoms with Gasteiger partial charge in [-0.2, -0.15) is 0 Å². The predicted octanol–water partition coefficient (Wildman–Crippen LogP) is 2.86. The second-order valence-electron chi connectivity index (χ2n) is 5.23. The Kier molecular flexibility index (Phi) is 7.35. The minimum Gasteiger partial charge on any atom is -0.346 e. The molecule has 0 unspecified atom stereocenters. The maximum absolute atomic E-state index is 12.1. The van der Waals surface area contributed by atoms with E-state index >= 15 is 0 Å². The third-order valence-corrected chi connectivity index (χ3v) is 4.99. The molecule has 0 aliphatic heterocycles. The minimum absolute atomic E-state index is 0.0444. The molecular weight excluding hydrogens is 368 g/mol.